The lowest BCUT2D eigenvalue weighted by Crippen LogP contribution is -2.44. The van der Waals surface area contributed by atoms with E-state index in [1.165, 1.54) is 16.6 Å². The van der Waals surface area contributed by atoms with E-state index in [9.17, 15) is 13.5 Å². The Morgan fingerprint density at radius 2 is 2.05 bits per heavy atom. The summed E-state index contributed by atoms with van der Waals surface area (Å²) in [6, 6.07) is 4.89. The molecule has 0 atom stereocenters. The second-order valence-corrected chi connectivity index (χ2v) is 6.97. The Balaban J connectivity index is 2.14. The average molecular weight is 284 g/mol. The molecule has 1 aliphatic heterocycles. The molecule has 0 saturated carbocycles. The third-order valence-corrected chi connectivity index (χ3v) is 5.93. The molecule has 0 bridgehead atoms. The molecule has 6 heteroatoms. The van der Waals surface area contributed by atoms with Gasteiger partial charge < -0.3 is 5.11 Å². The van der Waals surface area contributed by atoms with Crippen molar-refractivity contribution in [1.82, 2.24) is 9.29 Å². The highest BCUT2D eigenvalue weighted by Gasteiger charge is 2.37. The fraction of sp³-hybridized carbons (Fsp3) is 0.615. The number of aromatic nitrogens is 1. The minimum Gasteiger partial charge on any atom is -0.396 e. The third-order valence-electron chi connectivity index (χ3n) is 4.11. The fourth-order valence-corrected chi connectivity index (χ4v) is 3.83. The zero-order chi connectivity index (χ0) is 13.9. The molecule has 1 saturated heterocycles. The van der Waals surface area contributed by atoms with Crippen molar-refractivity contribution in [3.63, 3.8) is 0 Å². The van der Waals surface area contributed by atoms with Gasteiger partial charge >= 0.3 is 0 Å². The maximum absolute atomic E-state index is 12.4. The van der Waals surface area contributed by atoms with Crippen LogP contribution in [0.2, 0.25) is 0 Å². The molecule has 0 unspecified atom stereocenters. The lowest BCUT2D eigenvalue weighted by molar-refractivity contribution is 0.0647. The highest BCUT2D eigenvalue weighted by Crippen LogP contribution is 2.35. The van der Waals surface area contributed by atoms with Crippen molar-refractivity contribution in [2.75, 3.05) is 19.7 Å². The van der Waals surface area contributed by atoms with Crippen LogP contribution in [0, 0.1) is 5.41 Å². The van der Waals surface area contributed by atoms with Gasteiger partial charge in [0.15, 0.2) is 5.03 Å². The first-order valence-electron chi connectivity index (χ1n) is 6.56. The largest absolute Gasteiger partial charge is 0.396 e. The molecular weight excluding hydrogens is 264 g/mol. The number of pyridine rings is 1. The molecule has 0 radical (unpaired) electrons. The fourth-order valence-electron chi connectivity index (χ4n) is 2.46. The van der Waals surface area contributed by atoms with E-state index < -0.39 is 10.0 Å². The number of aliphatic hydroxyl groups is 1. The van der Waals surface area contributed by atoms with E-state index in [1.54, 1.807) is 12.1 Å². The summed E-state index contributed by atoms with van der Waals surface area (Å²) >= 11 is 0. The molecule has 1 aromatic rings. The Hall–Kier alpha value is -0.980. The van der Waals surface area contributed by atoms with Crippen molar-refractivity contribution in [1.29, 1.82) is 0 Å². The van der Waals surface area contributed by atoms with Gasteiger partial charge in [0.1, 0.15) is 0 Å². The van der Waals surface area contributed by atoms with Gasteiger partial charge in [-0.1, -0.05) is 13.0 Å². The van der Waals surface area contributed by atoms with Crippen LogP contribution < -0.4 is 0 Å². The average Bonchev–Trinajstić information content (AvgIpc) is 2.48. The minimum atomic E-state index is -3.49. The van der Waals surface area contributed by atoms with Gasteiger partial charge in [0.25, 0.3) is 10.0 Å². The molecule has 1 fully saturated rings. The summed E-state index contributed by atoms with van der Waals surface area (Å²) in [7, 11) is -3.49. The zero-order valence-corrected chi connectivity index (χ0v) is 11.9. The number of nitrogens with zero attached hydrogens (tertiary/aromatic N) is 2. The molecule has 2 heterocycles. The van der Waals surface area contributed by atoms with Crippen molar-refractivity contribution in [2.45, 2.75) is 31.2 Å². The van der Waals surface area contributed by atoms with Gasteiger partial charge in [0, 0.05) is 25.9 Å². The van der Waals surface area contributed by atoms with Gasteiger partial charge in [-0.15, -0.1) is 0 Å². The van der Waals surface area contributed by atoms with E-state index >= 15 is 0 Å². The van der Waals surface area contributed by atoms with Crippen LogP contribution in [0.4, 0.5) is 0 Å². The maximum atomic E-state index is 12.4. The summed E-state index contributed by atoms with van der Waals surface area (Å²) in [6.45, 7) is 3.07. The third kappa shape index (κ3) is 2.80. The second-order valence-electron chi connectivity index (χ2n) is 5.08. The van der Waals surface area contributed by atoms with Gasteiger partial charge in [-0.25, -0.2) is 13.4 Å². The number of piperidine rings is 1. The van der Waals surface area contributed by atoms with E-state index in [2.05, 4.69) is 4.98 Å². The first-order valence-corrected chi connectivity index (χ1v) is 8.00. The standard InChI is InChI=1S/C13H20N2O3S/c1-2-13(11-16)6-9-15(10-7-13)19(17,18)12-5-3-4-8-14-12/h3-5,8,16H,2,6-7,9-11H2,1H3. The van der Waals surface area contributed by atoms with E-state index in [4.69, 9.17) is 0 Å². The molecule has 106 valence electrons. The second kappa shape index (κ2) is 5.56. The minimum absolute atomic E-state index is 0.1000. The molecule has 1 aromatic heterocycles. The van der Waals surface area contributed by atoms with Gasteiger partial charge in [0.05, 0.1) is 0 Å². The van der Waals surface area contributed by atoms with Crippen LogP contribution in [0.3, 0.4) is 0 Å². The van der Waals surface area contributed by atoms with Gasteiger partial charge in [-0.3, -0.25) is 0 Å². The van der Waals surface area contributed by atoms with Gasteiger partial charge in [-0.05, 0) is 36.8 Å². The van der Waals surface area contributed by atoms with Gasteiger partial charge in [0.2, 0.25) is 0 Å². The Labute approximate surface area is 114 Å². The highest BCUT2D eigenvalue weighted by atomic mass is 32.2. The van der Waals surface area contributed by atoms with Crippen LogP contribution in [0.25, 0.3) is 0 Å². The number of rotatable bonds is 4. The quantitative estimate of drug-likeness (QED) is 0.903. The molecule has 5 nitrogen and oxygen atoms in total. The van der Waals surface area contributed by atoms with Crippen molar-refractivity contribution in [3.8, 4) is 0 Å². The molecular formula is C13H20N2O3S. The Kier molecular flexibility index (Phi) is 4.23. The summed E-state index contributed by atoms with van der Waals surface area (Å²) in [5.74, 6) is 0. The summed E-state index contributed by atoms with van der Waals surface area (Å²) in [4.78, 5) is 3.92. The lowest BCUT2D eigenvalue weighted by atomic mass is 9.77. The molecule has 0 aromatic carbocycles. The topological polar surface area (TPSA) is 70.5 Å². The number of sulfonamides is 1. The summed E-state index contributed by atoms with van der Waals surface area (Å²) in [5.41, 5.74) is -0.115. The molecule has 19 heavy (non-hydrogen) atoms. The summed E-state index contributed by atoms with van der Waals surface area (Å²) in [6.07, 6.45) is 3.76. The van der Waals surface area contributed by atoms with Crippen LogP contribution in [0.1, 0.15) is 26.2 Å². The first-order chi connectivity index (χ1) is 9.04. The molecule has 0 spiro atoms. The normalized spacial score (nSPS) is 20.3. The van der Waals surface area contributed by atoms with E-state index in [1.807, 2.05) is 6.92 Å². The summed E-state index contributed by atoms with van der Waals surface area (Å²) in [5, 5.41) is 9.57. The molecule has 0 aliphatic carbocycles. The van der Waals surface area contributed by atoms with Crippen LogP contribution in [-0.2, 0) is 10.0 Å². The monoisotopic (exact) mass is 284 g/mol. The number of hydrogen-bond donors (Lipinski definition) is 1. The predicted molar refractivity (Wildman–Crippen MR) is 72.0 cm³/mol. The summed E-state index contributed by atoms with van der Waals surface area (Å²) < 4.78 is 26.2. The maximum Gasteiger partial charge on any atom is 0.260 e. The zero-order valence-electron chi connectivity index (χ0n) is 11.1. The van der Waals surface area contributed by atoms with E-state index in [-0.39, 0.29) is 17.0 Å². The molecule has 2 rings (SSSR count). The predicted octanol–water partition coefficient (Wildman–Crippen LogP) is 1.25. The van der Waals surface area contributed by atoms with Crippen LogP contribution in [0.15, 0.2) is 29.4 Å². The lowest BCUT2D eigenvalue weighted by Gasteiger charge is -2.39. The number of aliphatic hydroxyl groups excluding tert-OH is 1. The highest BCUT2D eigenvalue weighted by molar-refractivity contribution is 7.89. The molecule has 1 aliphatic rings. The van der Waals surface area contributed by atoms with Crippen molar-refractivity contribution >= 4 is 10.0 Å². The van der Waals surface area contributed by atoms with E-state index in [0.717, 1.165) is 6.42 Å². The molecule has 1 N–H and O–H groups in total. The first kappa shape index (κ1) is 14.4. The Morgan fingerprint density at radius 1 is 1.37 bits per heavy atom. The van der Waals surface area contributed by atoms with Crippen molar-refractivity contribution in [3.05, 3.63) is 24.4 Å². The SMILES string of the molecule is CCC1(CO)CCN(S(=O)(=O)c2ccccn2)CC1. The smallest absolute Gasteiger partial charge is 0.260 e. The van der Waals surface area contributed by atoms with Crippen molar-refractivity contribution < 1.29 is 13.5 Å². The number of hydrogen-bond acceptors (Lipinski definition) is 4. The van der Waals surface area contributed by atoms with Crippen LogP contribution >= 0.6 is 0 Å². The molecule has 0 amide bonds. The van der Waals surface area contributed by atoms with Gasteiger partial charge in [-0.2, -0.15) is 4.31 Å². The van der Waals surface area contributed by atoms with Crippen molar-refractivity contribution in [2.24, 2.45) is 5.41 Å². The Bertz CT molecular complexity index is 502. The van der Waals surface area contributed by atoms with Crippen LogP contribution in [-0.4, -0.2) is 42.5 Å². The van der Waals surface area contributed by atoms with Crippen LogP contribution in [0.5, 0.6) is 0 Å². The van der Waals surface area contributed by atoms with E-state index in [0.29, 0.717) is 25.9 Å². The Morgan fingerprint density at radius 3 is 2.53 bits per heavy atom.